The normalized spacial score (nSPS) is 11.5. The van der Waals surface area contributed by atoms with Crippen LogP contribution in [0.25, 0.3) is 22.0 Å². The molecule has 164 valence electrons. The van der Waals surface area contributed by atoms with Crippen LogP contribution in [0.5, 0.6) is 5.75 Å². The van der Waals surface area contributed by atoms with E-state index in [1.54, 1.807) is 0 Å². The van der Waals surface area contributed by atoms with E-state index in [9.17, 15) is 4.79 Å². The molecular formula is C27H22BrN3O2. The third-order valence-corrected chi connectivity index (χ3v) is 5.46. The lowest BCUT2D eigenvalue weighted by Crippen LogP contribution is -3.00. The van der Waals surface area contributed by atoms with E-state index in [1.807, 2.05) is 83.7 Å². The predicted molar refractivity (Wildman–Crippen MR) is 123 cm³/mol. The Balaban J connectivity index is 0.00000259. The Morgan fingerprint density at radius 2 is 1.70 bits per heavy atom. The van der Waals surface area contributed by atoms with Gasteiger partial charge in [-0.25, -0.2) is 0 Å². The maximum atomic E-state index is 12.1. The number of aromatic nitrogens is 3. The van der Waals surface area contributed by atoms with Gasteiger partial charge in [-0.3, -0.25) is 9.89 Å². The molecule has 0 aliphatic carbocycles. The van der Waals surface area contributed by atoms with E-state index in [0.717, 1.165) is 45.3 Å². The molecule has 2 aromatic heterocycles. The fourth-order valence-electron chi connectivity index (χ4n) is 3.80. The summed E-state index contributed by atoms with van der Waals surface area (Å²) in [5, 5.41) is 9.71. The molecule has 0 bridgehead atoms. The van der Waals surface area contributed by atoms with Crippen LogP contribution in [0.15, 0.2) is 103 Å². The number of ether oxygens (including phenoxy) is 1. The van der Waals surface area contributed by atoms with Crippen molar-refractivity contribution in [3.63, 3.8) is 0 Å². The van der Waals surface area contributed by atoms with E-state index < -0.39 is 6.04 Å². The Morgan fingerprint density at radius 1 is 0.909 bits per heavy atom. The zero-order valence-electron chi connectivity index (χ0n) is 17.8. The summed E-state index contributed by atoms with van der Waals surface area (Å²) >= 11 is 0. The van der Waals surface area contributed by atoms with Crippen LogP contribution >= 0.6 is 0 Å². The molecule has 0 amide bonds. The predicted octanol–water partition coefficient (Wildman–Crippen LogP) is 1.89. The van der Waals surface area contributed by atoms with E-state index in [-0.39, 0.29) is 17.0 Å². The van der Waals surface area contributed by atoms with Gasteiger partial charge in [-0.15, -0.1) is 0 Å². The molecule has 0 spiro atoms. The molecule has 5 rings (SSSR count). The minimum Gasteiger partial charge on any atom is -1.00 e. The van der Waals surface area contributed by atoms with Crippen LogP contribution in [0.4, 0.5) is 0 Å². The number of para-hydroxylation sites is 1. The second-order valence-corrected chi connectivity index (χ2v) is 7.60. The number of hydrogen-bond acceptors (Lipinski definition) is 3. The summed E-state index contributed by atoms with van der Waals surface area (Å²) in [6.45, 7) is 0.376. The zero-order chi connectivity index (χ0) is 21.8. The van der Waals surface area contributed by atoms with Crippen molar-refractivity contribution < 1.29 is 31.1 Å². The molecule has 1 atom stereocenters. The lowest BCUT2D eigenvalue weighted by Gasteiger charge is -2.08. The van der Waals surface area contributed by atoms with Crippen molar-refractivity contribution in [2.75, 3.05) is 0 Å². The molecule has 6 heteroatoms. The third kappa shape index (κ3) is 5.02. The summed E-state index contributed by atoms with van der Waals surface area (Å²) in [6.07, 6.45) is 4.84. The first-order valence-corrected chi connectivity index (χ1v) is 10.5. The van der Waals surface area contributed by atoms with Gasteiger partial charge in [0.1, 0.15) is 18.1 Å². The number of hydrogen-bond donors (Lipinski definition) is 1. The van der Waals surface area contributed by atoms with Crippen LogP contribution in [0.3, 0.4) is 0 Å². The Morgan fingerprint density at radius 3 is 2.52 bits per heavy atom. The lowest BCUT2D eigenvalue weighted by atomic mass is 10.0. The molecule has 1 N–H and O–H groups in total. The topological polar surface area (TPSA) is 58.9 Å². The standard InChI is InChI=1S/C27H22N3O2.BrH/c31-18-27(22-13-12-20-7-4-5-8-21(20)15-22)30-14-6-9-23(17-30)26-16-24(28-29-26)19-32-25-10-2-1-3-11-25;/h1-18,27H,19H2,(H,28,29);1H/q+1;/p-1. The highest BCUT2D eigenvalue weighted by Crippen LogP contribution is 2.21. The Labute approximate surface area is 202 Å². The van der Waals surface area contributed by atoms with Gasteiger partial charge in [-0.2, -0.15) is 9.67 Å². The lowest BCUT2D eigenvalue weighted by molar-refractivity contribution is -0.698. The number of nitrogens with zero attached hydrogens (tertiary/aromatic N) is 2. The molecule has 0 aliphatic rings. The molecule has 0 radical (unpaired) electrons. The zero-order valence-corrected chi connectivity index (χ0v) is 19.4. The highest BCUT2D eigenvalue weighted by Gasteiger charge is 2.21. The SMILES string of the molecule is O=CC(c1ccc2ccccc2c1)[n+]1cccc(-c2cc(COc3ccccc3)n[nH]2)c1.[Br-]. The van der Waals surface area contributed by atoms with Gasteiger partial charge in [0.15, 0.2) is 18.7 Å². The smallest absolute Gasteiger partial charge is 0.238 e. The first-order chi connectivity index (χ1) is 15.8. The summed E-state index contributed by atoms with van der Waals surface area (Å²) in [5.74, 6) is 0.804. The van der Waals surface area contributed by atoms with E-state index >= 15 is 0 Å². The number of pyridine rings is 1. The van der Waals surface area contributed by atoms with Gasteiger partial charge >= 0.3 is 0 Å². The summed E-state index contributed by atoms with van der Waals surface area (Å²) in [7, 11) is 0. The fourth-order valence-corrected chi connectivity index (χ4v) is 3.80. The van der Waals surface area contributed by atoms with E-state index in [2.05, 4.69) is 34.5 Å². The van der Waals surface area contributed by atoms with Crippen molar-refractivity contribution >= 4 is 17.1 Å². The van der Waals surface area contributed by atoms with Crippen LogP contribution < -0.4 is 26.3 Å². The molecule has 0 saturated heterocycles. The van der Waals surface area contributed by atoms with Crippen molar-refractivity contribution in [2.45, 2.75) is 12.6 Å². The van der Waals surface area contributed by atoms with E-state index in [4.69, 9.17) is 4.74 Å². The Hall–Kier alpha value is -3.77. The summed E-state index contributed by atoms with van der Waals surface area (Å²) in [6, 6.07) is 29.4. The average Bonchev–Trinajstić information content (AvgIpc) is 3.33. The molecule has 33 heavy (non-hydrogen) atoms. The number of aromatic amines is 1. The Bertz CT molecular complexity index is 1370. The van der Waals surface area contributed by atoms with Crippen molar-refractivity contribution in [1.29, 1.82) is 0 Å². The highest BCUT2D eigenvalue weighted by atomic mass is 79.9. The first kappa shape index (κ1) is 22.4. The second-order valence-electron chi connectivity index (χ2n) is 7.60. The number of H-pyrrole nitrogens is 1. The fraction of sp³-hybridized carbons (Fsp3) is 0.0741. The summed E-state index contributed by atoms with van der Waals surface area (Å²) in [4.78, 5) is 12.1. The van der Waals surface area contributed by atoms with Gasteiger partial charge in [-0.1, -0.05) is 54.6 Å². The number of halogens is 1. The van der Waals surface area contributed by atoms with Gasteiger partial charge in [0.25, 0.3) is 0 Å². The number of benzene rings is 3. The van der Waals surface area contributed by atoms with Gasteiger partial charge in [0.2, 0.25) is 6.04 Å². The minimum absolute atomic E-state index is 0. The molecule has 1 unspecified atom stereocenters. The molecule has 2 heterocycles. The van der Waals surface area contributed by atoms with Crippen molar-refractivity contribution in [3.05, 3.63) is 115 Å². The molecule has 0 saturated carbocycles. The van der Waals surface area contributed by atoms with Crippen LogP contribution in [0.1, 0.15) is 17.3 Å². The molecular weight excluding hydrogens is 478 g/mol. The largest absolute Gasteiger partial charge is 1.00 e. The van der Waals surface area contributed by atoms with Crippen molar-refractivity contribution in [3.8, 4) is 17.0 Å². The van der Waals surface area contributed by atoms with Gasteiger partial charge in [-0.05, 0) is 41.1 Å². The highest BCUT2D eigenvalue weighted by molar-refractivity contribution is 5.83. The summed E-state index contributed by atoms with van der Waals surface area (Å²) < 4.78 is 7.70. The van der Waals surface area contributed by atoms with Crippen molar-refractivity contribution in [1.82, 2.24) is 10.2 Å². The first-order valence-electron chi connectivity index (χ1n) is 10.5. The van der Waals surface area contributed by atoms with Crippen LogP contribution in [0.2, 0.25) is 0 Å². The molecule has 0 fully saturated rings. The monoisotopic (exact) mass is 499 g/mol. The number of aldehydes is 1. The maximum absolute atomic E-state index is 12.1. The molecule has 3 aromatic carbocycles. The van der Waals surface area contributed by atoms with Crippen LogP contribution in [-0.2, 0) is 11.4 Å². The maximum Gasteiger partial charge on any atom is 0.238 e. The number of nitrogens with one attached hydrogen (secondary N) is 1. The number of fused-ring (bicyclic) bond motifs is 1. The molecule has 0 aliphatic heterocycles. The van der Waals surface area contributed by atoms with Gasteiger partial charge in [0, 0.05) is 11.6 Å². The third-order valence-electron chi connectivity index (χ3n) is 5.46. The van der Waals surface area contributed by atoms with Crippen LogP contribution in [0, 0.1) is 0 Å². The average molecular weight is 500 g/mol. The van der Waals surface area contributed by atoms with E-state index in [0.29, 0.717) is 6.61 Å². The van der Waals surface area contributed by atoms with Crippen molar-refractivity contribution in [2.24, 2.45) is 0 Å². The van der Waals surface area contributed by atoms with Gasteiger partial charge in [0.05, 0.1) is 11.3 Å². The quantitative estimate of drug-likeness (QED) is 0.275. The number of carbonyl (C=O) groups is 1. The second kappa shape index (κ2) is 10.2. The molecule has 5 aromatic rings. The van der Waals surface area contributed by atoms with E-state index in [1.165, 1.54) is 0 Å². The summed E-state index contributed by atoms with van der Waals surface area (Å²) in [5.41, 5.74) is 3.57. The van der Waals surface area contributed by atoms with Gasteiger partial charge < -0.3 is 21.7 Å². The van der Waals surface area contributed by atoms with Crippen LogP contribution in [-0.4, -0.2) is 16.5 Å². The number of carbonyl (C=O) groups excluding carboxylic acids is 1. The Kier molecular flexibility index (Phi) is 6.95. The molecule has 5 nitrogen and oxygen atoms in total. The minimum atomic E-state index is -0.414. The number of rotatable bonds is 7.